The van der Waals surface area contributed by atoms with E-state index in [1.165, 1.54) is 6.07 Å². The molecule has 4 aromatic rings. The number of benzene rings is 2. The maximum absolute atomic E-state index is 13.6. The van der Waals surface area contributed by atoms with Gasteiger partial charge in [-0.1, -0.05) is 17.7 Å². The Bertz CT molecular complexity index is 1100. The van der Waals surface area contributed by atoms with Crippen LogP contribution in [-0.4, -0.2) is 27.3 Å². The molecule has 0 fully saturated rings. The molecule has 0 bridgehead atoms. The number of fused-ring (bicyclic) bond motifs is 1. The fourth-order valence-electron chi connectivity index (χ4n) is 2.65. The van der Waals surface area contributed by atoms with Gasteiger partial charge < -0.3 is 4.42 Å². The Kier molecular flexibility index (Phi) is 6.75. The first-order chi connectivity index (χ1) is 13.8. The predicted octanol–water partition coefficient (Wildman–Crippen LogP) is 5.66. The zero-order valence-corrected chi connectivity index (χ0v) is 16.2. The van der Waals surface area contributed by atoms with Gasteiger partial charge in [0.1, 0.15) is 11.4 Å². The van der Waals surface area contributed by atoms with Crippen molar-refractivity contribution in [3.63, 3.8) is 0 Å². The molecule has 2 aromatic heterocycles. The molecule has 152 valence electrons. The van der Waals surface area contributed by atoms with Gasteiger partial charge in [0.25, 0.3) is 0 Å². The van der Waals surface area contributed by atoms with Gasteiger partial charge in [-0.25, -0.2) is 4.39 Å². The van der Waals surface area contributed by atoms with Gasteiger partial charge in [-0.3, -0.25) is 0 Å². The van der Waals surface area contributed by atoms with Gasteiger partial charge in [-0.2, -0.15) is 18.4 Å². The maximum atomic E-state index is 13.6. The highest BCUT2D eigenvalue weighted by Crippen LogP contribution is 2.30. The van der Waals surface area contributed by atoms with Crippen molar-refractivity contribution < 1.29 is 22.0 Å². The Labute approximate surface area is 172 Å². The summed E-state index contributed by atoms with van der Waals surface area (Å²) < 4.78 is 48.4. The van der Waals surface area contributed by atoms with Gasteiger partial charge in [-0.05, 0) is 59.5 Å². The number of thiol groups is 1. The molecule has 29 heavy (non-hydrogen) atoms. The van der Waals surface area contributed by atoms with Crippen molar-refractivity contribution in [1.29, 1.82) is 0 Å². The SMILES string of the molecule is FC(F)F.Fc1cc(CCc2cc3oc(-c4nn[nH]n4)cc3cc2Cl)ccc1S. The molecule has 0 radical (unpaired) electrons. The van der Waals surface area contributed by atoms with Crippen LogP contribution < -0.4 is 0 Å². The third-order valence-electron chi connectivity index (χ3n) is 3.95. The molecule has 0 aliphatic carbocycles. The fourth-order valence-corrected chi connectivity index (χ4v) is 3.06. The number of alkyl halides is 3. The van der Waals surface area contributed by atoms with E-state index in [1.54, 1.807) is 6.07 Å². The van der Waals surface area contributed by atoms with E-state index in [0.29, 0.717) is 39.9 Å². The fraction of sp³-hybridized carbons (Fsp3) is 0.167. The molecule has 0 aliphatic rings. The van der Waals surface area contributed by atoms with Crippen LogP contribution in [0.15, 0.2) is 45.7 Å². The number of aromatic amines is 1. The lowest BCUT2D eigenvalue weighted by Crippen LogP contribution is -1.93. The van der Waals surface area contributed by atoms with Crippen LogP contribution in [0.2, 0.25) is 5.02 Å². The van der Waals surface area contributed by atoms with E-state index < -0.39 is 6.68 Å². The summed E-state index contributed by atoms with van der Waals surface area (Å²) in [6.45, 7) is -3.67. The number of H-pyrrole nitrogens is 1. The lowest BCUT2D eigenvalue weighted by Gasteiger charge is -2.06. The summed E-state index contributed by atoms with van der Waals surface area (Å²) >= 11 is 10.4. The number of aromatic nitrogens is 4. The molecule has 0 aliphatic heterocycles. The Morgan fingerprint density at radius 1 is 1.10 bits per heavy atom. The lowest BCUT2D eigenvalue weighted by molar-refractivity contribution is 0.00819. The van der Waals surface area contributed by atoms with Gasteiger partial charge >= 0.3 is 6.68 Å². The first-order valence-corrected chi connectivity index (χ1v) is 9.01. The summed E-state index contributed by atoms with van der Waals surface area (Å²) in [7, 11) is 0. The third kappa shape index (κ3) is 5.48. The first-order valence-electron chi connectivity index (χ1n) is 8.19. The number of halogens is 5. The van der Waals surface area contributed by atoms with Crippen LogP contribution in [-0.2, 0) is 12.8 Å². The molecule has 0 unspecified atom stereocenters. The first kappa shape index (κ1) is 21.1. The zero-order chi connectivity index (χ0) is 21.0. The van der Waals surface area contributed by atoms with Crippen molar-refractivity contribution in [2.24, 2.45) is 0 Å². The van der Waals surface area contributed by atoms with Crippen LogP contribution in [0.25, 0.3) is 22.6 Å². The van der Waals surface area contributed by atoms with Crippen molar-refractivity contribution in [1.82, 2.24) is 20.6 Å². The molecule has 11 heteroatoms. The van der Waals surface area contributed by atoms with Crippen molar-refractivity contribution in [2.75, 3.05) is 0 Å². The van der Waals surface area contributed by atoms with E-state index in [-0.39, 0.29) is 5.82 Å². The molecule has 0 saturated heterocycles. The highest BCUT2D eigenvalue weighted by Gasteiger charge is 2.13. The predicted molar refractivity (Wildman–Crippen MR) is 103 cm³/mol. The van der Waals surface area contributed by atoms with E-state index in [9.17, 15) is 17.6 Å². The average molecular weight is 445 g/mol. The van der Waals surface area contributed by atoms with Crippen LogP contribution in [0.1, 0.15) is 11.1 Å². The monoisotopic (exact) mass is 444 g/mol. The van der Waals surface area contributed by atoms with Gasteiger partial charge in [-0.15, -0.1) is 22.8 Å². The van der Waals surface area contributed by atoms with E-state index in [1.807, 2.05) is 24.3 Å². The minimum absolute atomic E-state index is 0.321. The molecule has 0 spiro atoms. The second kappa shape index (κ2) is 9.27. The Morgan fingerprint density at radius 2 is 1.86 bits per heavy atom. The molecule has 0 atom stereocenters. The molecule has 0 saturated carbocycles. The van der Waals surface area contributed by atoms with Crippen molar-refractivity contribution in [3.05, 3.63) is 58.4 Å². The van der Waals surface area contributed by atoms with Gasteiger partial charge in [0.15, 0.2) is 5.76 Å². The minimum atomic E-state index is -3.67. The van der Waals surface area contributed by atoms with Crippen molar-refractivity contribution in [2.45, 2.75) is 24.4 Å². The Hall–Kier alpha value is -2.59. The molecule has 2 heterocycles. The van der Waals surface area contributed by atoms with Crippen LogP contribution in [0.3, 0.4) is 0 Å². The Morgan fingerprint density at radius 3 is 2.52 bits per heavy atom. The zero-order valence-electron chi connectivity index (χ0n) is 14.5. The molecular formula is C18H13ClF4N4OS. The second-order valence-electron chi connectivity index (χ2n) is 5.86. The molecule has 0 amide bonds. The van der Waals surface area contributed by atoms with Crippen LogP contribution in [0.5, 0.6) is 0 Å². The summed E-state index contributed by atoms with van der Waals surface area (Å²) in [4.78, 5) is 0.341. The standard InChI is InChI=1S/C17H12ClFN4OS.CHF3/c18-12-6-11-8-15(17-20-22-23-21-17)24-14(11)7-10(12)3-1-9-2-4-16(25)13(19)5-9;2-1(3)4/h2,4-8,25H,1,3H2,(H,20,21,22,23);1H. The smallest absolute Gasteiger partial charge is 0.379 e. The number of nitrogens with zero attached hydrogens (tertiary/aromatic N) is 3. The Balaban J connectivity index is 0.000000552. The van der Waals surface area contributed by atoms with Crippen LogP contribution in [0, 0.1) is 5.82 Å². The van der Waals surface area contributed by atoms with E-state index in [4.69, 9.17) is 16.0 Å². The quantitative estimate of drug-likeness (QED) is 0.315. The van der Waals surface area contributed by atoms with Crippen molar-refractivity contribution >= 4 is 35.2 Å². The molecular weight excluding hydrogens is 432 g/mol. The number of rotatable bonds is 4. The van der Waals surface area contributed by atoms with E-state index >= 15 is 0 Å². The molecule has 5 nitrogen and oxygen atoms in total. The summed E-state index contributed by atoms with van der Waals surface area (Å²) in [5.41, 5.74) is 2.51. The summed E-state index contributed by atoms with van der Waals surface area (Å²) in [6, 6.07) is 10.6. The number of nitrogens with one attached hydrogen (secondary N) is 1. The van der Waals surface area contributed by atoms with E-state index in [2.05, 4.69) is 33.3 Å². The number of hydrogen-bond acceptors (Lipinski definition) is 5. The normalized spacial score (nSPS) is 11.0. The van der Waals surface area contributed by atoms with E-state index in [0.717, 1.165) is 16.5 Å². The minimum Gasteiger partial charge on any atom is -0.453 e. The van der Waals surface area contributed by atoms with Gasteiger partial charge in [0.05, 0.1) is 0 Å². The molecule has 2 aromatic carbocycles. The van der Waals surface area contributed by atoms with Crippen molar-refractivity contribution in [3.8, 4) is 11.6 Å². The average Bonchev–Trinajstić information content (AvgIpc) is 3.31. The number of furan rings is 1. The maximum Gasteiger partial charge on any atom is 0.379 e. The summed E-state index contributed by atoms with van der Waals surface area (Å²) in [6.07, 6.45) is 1.33. The summed E-state index contributed by atoms with van der Waals surface area (Å²) in [5.74, 6) is 0.581. The third-order valence-corrected chi connectivity index (χ3v) is 4.66. The molecule has 1 N–H and O–H groups in total. The van der Waals surface area contributed by atoms with Gasteiger partial charge in [0, 0.05) is 15.3 Å². The number of tetrazole rings is 1. The lowest BCUT2D eigenvalue weighted by atomic mass is 10.0. The van der Waals surface area contributed by atoms with Gasteiger partial charge in [0.2, 0.25) is 5.82 Å². The highest BCUT2D eigenvalue weighted by molar-refractivity contribution is 7.80. The topological polar surface area (TPSA) is 67.6 Å². The number of hydrogen-bond donors (Lipinski definition) is 2. The highest BCUT2D eigenvalue weighted by atomic mass is 35.5. The van der Waals surface area contributed by atoms with Crippen LogP contribution >= 0.6 is 24.2 Å². The van der Waals surface area contributed by atoms with Crippen LogP contribution in [0.4, 0.5) is 17.6 Å². The number of aryl methyl sites for hydroxylation is 2. The molecule has 4 rings (SSSR count). The largest absolute Gasteiger partial charge is 0.453 e. The summed E-state index contributed by atoms with van der Waals surface area (Å²) in [5, 5.41) is 15.2. The second-order valence-corrected chi connectivity index (χ2v) is 6.75.